The van der Waals surface area contributed by atoms with E-state index in [0.717, 1.165) is 0 Å². The second kappa shape index (κ2) is 6.97. The number of para-hydroxylation sites is 1. The van der Waals surface area contributed by atoms with Crippen LogP contribution in [0.1, 0.15) is 30.3 Å². The number of hydrogen-bond acceptors (Lipinski definition) is 6. The molecule has 1 aromatic carbocycles. The first-order chi connectivity index (χ1) is 13.0. The summed E-state index contributed by atoms with van der Waals surface area (Å²) in [5.41, 5.74) is 0. The van der Waals surface area contributed by atoms with Crippen molar-refractivity contribution in [2.45, 2.75) is 36.8 Å². The van der Waals surface area contributed by atoms with Gasteiger partial charge in [0, 0.05) is 32.1 Å². The molecule has 0 aliphatic carbocycles. The Labute approximate surface area is 157 Å². The molecule has 0 spiro atoms. The normalized spacial score (nSPS) is 24.9. The van der Waals surface area contributed by atoms with Gasteiger partial charge in [0.05, 0.1) is 12.2 Å². The third-order valence-corrected chi connectivity index (χ3v) is 7.18. The van der Waals surface area contributed by atoms with Gasteiger partial charge < -0.3 is 14.2 Å². The van der Waals surface area contributed by atoms with Crippen molar-refractivity contribution in [1.29, 1.82) is 0 Å². The van der Waals surface area contributed by atoms with Crippen molar-refractivity contribution in [3.63, 3.8) is 0 Å². The fourth-order valence-corrected chi connectivity index (χ4v) is 5.66. The van der Waals surface area contributed by atoms with E-state index in [0.29, 0.717) is 38.2 Å². The lowest BCUT2D eigenvalue weighted by molar-refractivity contribution is 0.0713. The highest BCUT2D eigenvalue weighted by molar-refractivity contribution is 7.89. The Kier molecular flexibility index (Phi) is 4.65. The Hall–Kier alpha value is -2.39. The van der Waals surface area contributed by atoms with Gasteiger partial charge in [-0.25, -0.2) is 8.42 Å². The van der Waals surface area contributed by atoms with Gasteiger partial charge in [-0.05, 0) is 18.6 Å². The third kappa shape index (κ3) is 3.10. The van der Waals surface area contributed by atoms with Gasteiger partial charge in [-0.2, -0.15) is 4.31 Å². The predicted molar refractivity (Wildman–Crippen MR) is 95.9 cm³/mol. The zero-order valence-electron chi connectivity index (χ0n) is 14.9. The number of rotatable bonds is 2. The number of ether oxygens (including phenoxy) is 1. The van der Waals surface area contributed by atoms with Gasteiger partial charge in [0.25, 0.3) is 5.91 Å². The van der Waals surface area contributed by atoms with Crippen LogP contribution < -0.4 is 4.74 Å². The van der Waals surface area contributed by atoms with Crippen molar-refractivity contribution < 1.29 is 22.5 Å². The topological polar surface area (TPSA) is 92.9 Å². The molecule has 1 saturated heterocycles. The highest BCUT2D eigenvalue weighted by atomic mass is 32.2. The van der Waals surface area contributed by atoms with Gasteiger partial charge in [0.15, 0.2) is 0 Å². The van der Waals surface area contributed by atoms with Crippen LogP contribution in [0, 0.1) is 0 Å². The average molecular weight is 391 g/mol. The van der Waals surface area contributed by atoms with E-state index in [1.807, 2.05) is 6.92 Å². The first kappa shape index (κ1) is 18.0. The van der Waals surface area contributed by atoms with Crippen LogP contribution in [0.4, 0.5) is 0 Å². The molecule has 8 nitrogen and oxygen atoms in total. The van der Waals surface area contributed by atoms with Gasteiger partial charge >= 0.3 is 0 Å². The Morgan fingerprint density at radius 3 is 2.74 bits per heavy atom. The van der Waals surface area contributed by atoms with Crippen LogP contribution in [0.5, 0.6) is 5.75 Å². The van der Waals surface area contributed by atoms with Crippen molar-refractivity contribution >= 4 is 15.9 Å². The molecule has 0 radical (unpaired) electrons. The summed E-state index contributed by atoms with van der Waals surface area (Å²) >= 11 is 0. The molecular weight excluding hydrogens is 370 g/mol. The van der Waals surface area contributed by atoms with E-state index in [2.05, 4.69) is 5.16 Å². The number of aromatic nitrogens is 1. The lowest BCUT2D eigenvalue weighted by atomic mass is 10.1. The second-order valence-electron chi connectivity index (χ2n) is 6.62. The van der Waals surface area contributed by atoms with Gasteiger partial charge in [0.2, 0.25) is 15.8 Å². The van der Waals surface area contributed by atoms with Gasteiger partial charge in [-0.3, -0.25) is 4.79 Å². The molecule has 1 amide bonds. The number of amides is 1. The van der Waals surface area contributed by atoms with Crippen LogP contribution in [-0.4, -0.2) is 60.5 Å². The number of carbonyl (C=O) groups excluding carboxylic acids is 1. The van der Waals surface area contributed by atoms with E-state index < -0.39 is 10.0 Å². The van der Waals surface area contributed by atoms with E-state index in [1.165, 1.54) is 16.6 Å². The molecule has 2 aliphatic rings. The SMILES string of the molecule is CCN1[C@H]2CCN(C(=O)c3ccno3)CC[C@@H]2Oc2ccccc2S1(=O)=O. The Morgan fingerprint density at radius 2 is 2.00 bits per heavy atom. The lowest BCUT2D eigenvalue weighted by Crippen LogP contribution is -2.47. The molecule has 0 bridgehead atoms. The molecule has 1 aromatic heterocycles. The Morgan fingerprint density at radius 1 is 1.22 bits per heavy atom. The quantitative estimate of drug-likeness (QED) is 0.774. The van der Waals surface area contributed by atoms with Crippen LogP contribution >= 0.6 is 0 Å². The molecule has 144 valence electrons. The Bertz CT molecular complexity index is 928. The predicted octanol–water partition coefficient (Wildman–Crippen LogP) is 1.75. The number of fused-ring (bicyclic) bond motifs is 2. The number of benzene rings is 1. The lowest BCUT2D eigenvalue weighted by Gasteiger charge is -2.30. The van der Waals surface area contributed by atoms with E-state index in [4.69, 9.17) is 9.26 Å². The number of carbonyl (C=O) groups is 1. The third-order valence-electron chi connectivity index (χ3n) is 5.14. The van der Waals surface area contributed by atoms with E-state index in [-0.39, 0.29) is 28.7 Å². The summed E-state index contributed by atoms with van der Waals surface area (Å²) in [4.78, 5) is 14.5. The molecular formula is C18H21N3O5S. The molecule has 2 aliphatic heterocycles. The summed E-state index contributed by atoms with van der Waals surface area (Å²) in [6.45, 7) is 3.05. The molecule has 3 heterocycles. The Balaban J connectivity index is 1.65. The fourth-order valence-electron chi connectivity index (χ4n) is 3.85. The summed E-state index contributed by atoms with van der Waals surface area (Å²) in [7, 11) is -3.66. The minimum atomic E-state index is -3.66. The molecule has 0 N–H and O–H groups in total. The maximum Gasteiger partial charge on any atom is 0.292 e. The van der Waals surface area contributed by atoms with Crippen molar-refractivity contribution in [2.24, 2.45) is 0 Å². The number of nitrogens with zero attached hydrogens (tertiary/aromatic N) is 3. The zero-order valence-corrected chi connectivity index (χ0v) is 15.8. The van der Waals surface area contributed by atoms with Gasteiger partial charge in [-0.1, -0.05) is 24.2 Å². The maximum absolute atomic E-state index is 13.2. The van der Waals surface area contributed by atoms with E-state index in [1.54, 1.807) is 29.2 Å². The number of hydrogen-bond donors (Lipinski definition) is 0. The molecule has 9 heteroatoms. The smallest absolute Gasteiger partial charge is 0.292 e. The van der Waals surface area contributed by atoms with Crippen molar-refractivity contribution in [3.8, 4) is 5.75 Å². The second-order valence-corrected chi connectivity index (χ2v) is 8.48. The van der Waals surface area contributed by atoms with Crippen molar-refractivity contribution in [2.75, 3.05) is 19.6 Å². The minimum Gasteiger partial charge on any atom is -0.487 e. The number of likely N-dealkylation sites (N-methyl/N-ethyl adjacent to an activating group) is 1. The first-order valence-corrected chi connectivity index (χ1v) is 10.4. The van der Waals surface area contributed by atoms with Gasteiger partial charge in [0.1, 0.15) is 16.7 Å². The average Bonchev–Trinajstić information content (AvgIpc) is 3.09. The van der Waals surface area contributed by atoms with E-state index >= 15 is 0 Å². The van der Waals surface area contributed by atoms with Crippen molar-refractivity contribution in [3.05, 3.63) is 42.3 Å². The summed E-state index contributed by atoms with van der Waals surface area (Å²) in [5.74, 6) is 0.317. The first-order valence-electron chi connectivity index (χ1n) is 9.00. The molecule has 1 fully saturated rings. The molecule has 2 atom stereocenters. The maximum atomic E-state index is 13.2. The highest BCUT2D eigenvalue weighted by Gasteiger charge is 2.43. The van der Waals surface area contributed by atoms with Gasteiger partial charge in [-0.15, -0.1) is 0 Å². The van der Waals surface area contributed by atoms with Crippen LogP contribution in [-0.2, 0) is 10.0 Å². The molecule has 4 rings (SSSR count). The molecule has 0 unspecified atom stereocenters. The summed E-state index contributed by atoms with van der Waals surface area (Å²) < 4.78 is 38.9. The standard InChI is InChI=1S/C18H21N3O5S/c1-2-21-13-8-11-20(18(22)16-7-10-19-26-16)12-9-14(13)25-15-5-3-4-6-17(15)27(21,23)24/h3-7,10,13-14H,2,8-9,11-12H2,1H3/t13-,14-/m0/s1. The molecule has 27 heavy (non-hydrogen) atoms. The zero-order chi connectivity index (χ0) is 19.0. The number of likely N-dealkylation sites (tertiary alicyclic amines) is 1. The summed E-state index contributed by atoms with van der Waals surface area (Å²) in [5, 5.41) is 3.58. The fraction of sp³-hybridized carbons (Fsp3) is 0.444. The molecule has 2 aromatic rings. The van der Waals surface area contributed by atoms with Crippen LogP contribution in [0.15, 0.2) is 45.9 Å². The minimum absolute atomic E-state index is 0.184. The number of sulfonamides is 1. The largest absolute Gasteiger partial charge is 0.487 e. The summed E-state index contributed by atoms with van der Waals surface area (Å²) in [6.07, 6.45) is 2.13. The van der Waals surface area contributed by atoms with Crippen LogP contribution in [0.2, 0.25) is 0 Å². The van der Waals surface area contributed by atoms with E-state index in [9.17, 15) is 13.2 Å². The van der Waals surface area contributed by atoms with Crippen molar-refractivity contribution in [1.82, 2.24) is 14.4 Å². The highest BCUT2D eigenvalue weighted by Crippen LogP contribution is 2.36. The molecule has 0 saturated carbocycles. The van der Waals surface area contributed by atoms with Crippen LogP contribution in [0.25, 0.3) is 0 Å². The van der Waals surface area contributed by atoms with Crippen LogP contribution in [0.3, 0.4) is 0 Å². The summed E-state index contributed by atoms with van der Waals surface area (Å²) in [6, 6.07) is 7.93. The monoisotopic (exact) mass is 391 g/mol.